The molecule has 0 bridgehead atoms. The van der Waals surface area contributed by atoms with Crippen molar-refractivity contribution < 1.29 is 0 Å². The summed E-state index contributed by atoms with van der Waals surface area (Å²) in [6.45, 7) is 15.7. The number of aliphatic imine (C=N–C) groups is 1. The number of guanidine groups is 1. The van der Waals surface area contributed by atoms with Gasteiger partial charge in [-0.15, -0.1) is 0 Å². The van der Waals surface area contributed by atoms with E-state index in [1.807, 2.05) is 12.4 Å². The molecular weight excluding hydrogens is 286 g/mol. The average molecular weight is 322 g/mol. The van der Waals surface area contributed by atoms with E-state index in [1.54, 1.807) is 0 Å². The highest BCUT2D eigenvalue weighted by Crippen LogP contribution is 2.07. The van der Waals surface area contributed by atoms with E-state index in [-0.39, 0.29) is 0 Å². The number of imidazole rings is 1. The van der Waals surface area contributed by atoms with Crippen LogP contribution in [0.4, 0.5) is 0 Å². The minimum atomic E-state index is 0.422. The first-order valence-corrected chi connectivity index (χ1v) is 8.97. The Morgan fingerprint density at radius 3 is 2.52 bits per heavy atom. The van der Waals surface area contributed by atoms with Crippen molar-refractivity contribution in [2.75, 3.05) is 6.54 Å². The molecule has 0 fully saturated rings. The van der Waals surface area contributed by atoms with Crippen LogP contribution < -0.4 is 10.6 Å². The van der Waals surface area contributed by atoms with Gasteiger partial charge >= 0.3 is 0 Å². The van der Waals surface area contributed by atoms with Crippen molar-refractivity contribution in [1.29, 1.82) is 0 Å². The third-order valence-corrected chi connectivity index (χ3v) is 3.65. The number of nitrogens with one attached hydrogen (secondary N) is 2. The van der Waals surface area contributed by atoms with E-state index in [4.69, 9.17) is 4.99 Å². The van der Waals surface area contributed by atoms with E-state index >= 15 is 0 Å². The molecule has 5 heteroatoms. The van der Waals surface area contributed by atoms with E-state index in [9.17, 15) is 0 Å². The molecule has 0 aromatic carbocycles. The normalized spacial score (nSPS) is 13.7. The molecule has 1 heterocycles. The Morgan fingerprint density at radius 2 is 1.91 bits per heavy atom. The lowest BCUT2D eigenvalue weighted by Gasteiger charge is -2.18. The van der Waals surface area contributed by atoms with Crippen LogP contribution in [0.3, 0.4) is 0 Å². The second kappa shape index (κ2) is 10.3. The molecule has 1 aromatic rings. The van der Waals surface area contributed by atoms with Crippen LogP contribution in [-0.2, 0) is 13.1 Å². The van der Waals surface area contributed by atoms with Gasteiger partial charge < -0.3 is 15.2 Å². The van der Waals surface area contributed by atoms with Crippen molar-refractivity contribution in [3.05, 3.63) is 18.2 Å². The van der Waals surface area contributed by atoms with Gasteiger partial charge in [0.1, 0.15) is 12.4 Å². The summed E-state index contributed by atoms with van der Waals surface area (Å²) >= 11 is 0. The fourth-order valence-corrected chi connectivity index (χ4v) is 2.41. The predicted octanol–water partition coefficient (Wildman–Crippen LogP) is 3.42. The molecule has 0 aliphatic rings. The third-order valence-electron chi connectivity index (χ3n) is 3.65. The van der Waals surface area contributed by atoms with Crippen molar-refractivity contribution in [2.45, 2.75) is 73.5 Å². The Hall–Kier alpha value is -1.52. The molecule has 132 valence electrons. The summed E-state index contributed by atoms with van der Waals surface area (Å²) in [5, 5.41) is 6.82. The minimum Gasteiger partial charge on any atom is -0.357 e. The summed E-state index contributed by atoms with van der Waals surface area (Å²) in [5.74, 6) is 3.24. The van der Waals surface area contributed by atoms with Crippen LogP contribution in [0.15, 0.2) is 17.4 Å². The Bertz CT molecular complexity index is 462. The van der Waals surface area contributed by atoms with Crippen LogP contribution in [0, 0.1) is 11.8 Å². The second-order valence-corrected chi connectivity index (χ2v) is 7.10. The number of rotatable bonds is 9. The summed E-state index contributed by atoms with van der Waals surface area (Å²) in [4.78, 5) is 9.14. The van der Waals surface area contributed by atoms with Gasteiger partial charge in [-0.25, -0.2) is 9.98 Å². The molecule has 0 spiro atoms. The standard InChI is InChI=1S/C18H35N5/c1-7-19-18(22-16(6)9-8-14(2)3)21-12-17-20-10-11-23(17)13-15(4)5/h10-11,14-16H,7-9,12-13H2,1-6H3,(H2,19,21,22). The number of hydrogen-bond acceptors (Lipinski definition) is 2. The summed E-state index contributed by atoms with van der Waals surface area (Å²) in [5.41, 5.74) is 0. The van der Waals surface area contributed by atoms with Crippen LogP contribution in [0.2, 0.25) is 0 Å². The van der Waals surface area contributed by atoms with Crippen LogP contribution in [0.1, 0.15) is 60.2 Å². The quantitative estimate of drug-likeness (QED) is 0.541. The predicted molar refractivity (Wildman–Crippen MR) is 98.6 cm³/mol. The third kappa shape index (κ3) is 8.05. The van der Waals surface area contributed by atoms with Crippen molar-refractivity contribution in [3.63, 3.8) is 0 Å². The van der Waals surface area contributed by atoms with Crippen molar-refractivity contribution >= 4 is 5.96 Å². The largest absolute Gasteiger partial charge is 0.357 e. The van der Waals surface area contributed by atoms with Crippen molar-refractivity contribution in [1.82, 2.24) is 20.2 Å². The molecule has 23 heavy (non-hydrogen) atoms. The molecule has 0 aliphatic carbocycles. The number of nitrogens with zero attached hydrogens (tertiary/aromatic N) is 3. The lowest BCUT2D eigenvalue weighted by Crippen LogP contribution is -2.42. The van der Waals surface area contributed by atoms with Gasteiger partial charge in [0.25, 0.3) is 0 Å². The molecule has 0 aliphatic heterocycles. The van der Waals surface area contributed by atoms with Crippen LogP contribution in [0.25, 0.3) is 0 Å². The number of aromatic nitrogens is 2. The van der Waals surface area contributed by atoms with Crippen LogP contribution >= 0.6 is 0 Å². The van der Waals surface area contributed by atoms with Gasteiger partial charge in [0.05, 0.1) is 0 Å². The Morgan fingerprint density at radius 1 is 1.17 bits per heavy atom. The van der Waals surface area contributed by atoms with Crippen LogP contribution in [-0.4, -0.2) is 28.1 Å². The molecule has 1 unspecified atom stereocenters. The highest BCUT2D eigenvalue weighted by Gasteiger charge is 2.08. The van der Waals surface area contributed by atoms with Gasteiger partial charge in [0.2, 0.25) is 0 Å². The maximum atomic E-state index is 4.70. The monoisotopic (exact) mass is 321 g/mol. The minimum absolute atomic E-state index is 0.422. The summed E-state index contributed by atoms with van der Waals surface area (Å²) in [6, 6.07) is 0.422. The fraction of sp³-hybridized carbons (Fsp3) is 0.778. The van der Waals surface area contributed by atoms with Gasteiger partial charge in [0.15, 0.2) is 5.96 Å². The lowest BCUT2D eigenvalue weighted by molar-refractivity contribution is 0.488. The number of hydrogen-bond donors (Lipinski definition) is 2. The molecule has 0 saturated carbocycles. The Labute approximate surface area is 142 Å². The van der Waals surface area contributed by atoms with E-state index in [0.717, 1.165) is 37.2 Å². The molecule has 5 nitrogen and oxygen atoms in total. The first-order chi connectivity index (χ1) is 10.9. The molecule has 0 radical (unpaired) electrons. The average Bonchev–Trinajstić information content (AvgIpc) is 2.89. The van der Waals surface area contributed by atoms with Gasteiger partial charge in [-0.3, -0.25) is 0 Å². The molecule has 0 saturated heterocycles. The molecular formula is C18H35N5. The molecule has 0 amide bonds. The first kappa shape index (κ1) is 19.5. The SMILES string of the molecule is CCNC(=NCc1nccn1CC(C)C)NC(C)CCC(C)C. The zero-order chi connectivity index (χ0) is 17.2. The lowest BCUT2D eigenvalue weighted by atomic mass is 10.0. The Kier molecular flexibility index (Phi) is 8.74. The highest BCUT2D eigenvalue weighted by molar-refractivity contribution is 5.79. The maximum Gasteiger partial charge on any atom is 0.191 e. The smallest absolute Gasteiger partial charge is 0.191 e. The van der Waals surface area contributed by atoms with Gasteiger partial charge in [-0.1, -0.05) is 27.7 Å². The van der Waals surface area contributed by atoms with Crippen molar-refractivity contribution in [2.24, 2.45) is 16.8 Å². The van der Waals surface area contributed by atoms with Gasteiger partial charge in [-0.2, -0.15) is 0 Å². The highest BCUT2D eigenvalue weighted by atomic mass is 15.2. The van der Waals surface area contributed by atoms with Gasteiger partial charge in [-0.05, 0) is 38.5 Å². The fourth-order valence-electron chi connectivity index (χ4n) is 2.41. The zero-order valence-electron chi connectivity index (χ0n) is 15.8. The van der Waals surface area contributed by atoms with E-state index in [0.29, 0.717) is 18.5 Å². The topological polar surface area (TPSA) is 54.2 Å². The van der Waals surface area contributed by atoms with E-state index in [2.05, 4.69) is 61.7 Å². The zero-order valence-corrected chi connectivity index (χ0v) is 15.8. The van der Waals surface area contributed by atoms with Crippen LogP contribution in [0.5, 0.6) is 0 Å². The first-order valence-electron chi connectivity index (χ1n) is 8.97. The molecule has 1 aromatic heterocycles. The molecule has 1 rings (SSSR count). The molecule has 1 atom stereocenters. The maximum absolute atomic E-state index is 4.70. The van der Waals surface area contributed by atoms with E-state index in [1.165, 1.54) is 6.42 Å². The Balaban J connectivity index is 2.62. The van der Waals surface area contributed by atoms with Gasteiger partial charge in [0, 0.05) is 31.5 Å². The summed E-state index contributed by atoms with van der Waals surface area (Å²) in [6.07, 6.45) is 6.28. The van der Waals surface area contributed by atoms with Crippen molar-refractivity contribution in [3.8, 4) is 0 Å². The van der Waals surface area contributed by atoms with E-state index < -0.39 is 0 Å². The second-order valence-electron chi connectivity index (χ2n) is 7.10. The summed E-state index contributed by atoms with van der Waals surface area (Å²) in [7, 11) is 0. The summed E-state index contributed by atoms with van der Waals surface area (Å²) < 4.78 is 2.19. The molecule has 2 N–H and O–H groups in total.